The minimum absolute atomic E-state index is 0.0281. The van der Waals surface area contributed by atoms with E-state index in [-0.39, 0.29) is 22.9 Å². The van der Waals surface area contributed by atoms with E-state index in [0.29, 0.717) is 30.0 Å². The van der Waals surface area contributed by atoms with E-state index in [1.54, 1.807) is 0 Å². The molecule has 0 saturated heterocycles. The van der Waals surface area contributed by atoms with Gasteiger partial charge in [-0.15, -0.1) is 0 Å². The summed E-state index contributed by atoms with van der Waals surface area (Å²) in [5.74, 6) is 2.95. The summed E-state index contributed by atoms with van der Waals surface area (Å²) in [5.41, 5.74) is 1.66. The van der Waals surface area contributed by atoms with Gasteiger partial charge >= 0.3 is 5.97 Å². The molecule has 0 aliphatic heterocycles. The van der Waals surface area contributed by atoms with Crippen LogP contribution in [0, 0.1) is 34.5 Å². The molecule has 4 aliphatic carbocycles. The number of ketones is 1. The summed E-state index contributed by atoms with van der Waals surface area (Å²) < 4.78 is 6.12. The minimum atomic E-state index is 0.0281. The van der Waals surface area contributed by atoms with Crippen LogP contribution in [0.5, 0.6) is 0 Å². The lowest BCUT2D eigenvalue weighted by molar-refractivity contribution is -0.161. The Kier molecular flexibility index (Phi) is 6.21. The summed E-state index contributed by atoms with van der Waals surface area (Å²) >= 11 is 0. The zero-order valence-electron chi connectivity index (χ0n) is 19.7. The van der Waals surface area contributed by atoms with Crippen molar-refractivity contribution in [3.63, 3.8) is 0 Å². The van der Waals surface area contributed by atoms with E-state index in [1.165, 1.54) is 44.1 Å². The van der Waals surface area contributed by atoms with Crippen molar-refractivity contribution in [3.05, 3.63) is 11.6 Å². The van der Waals surface area contributed by atoms with Crippen LogP contribution in [0.3, 0.4) is 0 Å². The number of hydrogen-bond acceptors (Lipinski definition) is 3. The number of allylic oxidation sites excluding steroid dienone is 2. The topological polar surface area (TPSA) is 43.4 Å². The van der Waals surface area contributed by atoms with Crippen molar-refractivity contribution in [3.8, 4) is 0 Å². The van der Waals surface area contributed by atoms with Gasteiger partial charge in [0.25, 0.3) is 0 Å². The maximum Gasteiger partial charge on any atom is 0.306 e. The average Bonchev–Trinajstić information content (AvgIpc) is 3.03. The van der Waals surface area contributed by atoms with Crippen LogP contribution in [0.25, 0.3) is 0 Å². The van der Waals surface area contributed by atoms with E-state index in [9.17, 15) is 9.59 Å². The standard InChI is InChI=1S/C27H42O3/c1-5-6-7-8-9-25(29)30-24-13-12-22-21-11-10-19-17-20(28)16-18(2)27(19,4)23(21)14-15-26(22,24)3/h16,19,21-24H,5-15,17H2,1-4H3/t19-,21+,22+,23+,24+,26+,27-/m0/s1. The van der Waals surface area contributed by atoms with Gasteiger partial charge in [0.1, 0.15) is 6.10 Å². The smallest absolute Gasteiger partial charge is 0.306 e. The fraction of sp³-hybridized carbons (Fsp3) is 0.852. The maximum atomic E-state index is 12.5. The van der Waals surface area contributed by atoms with Crippen LogP contribution in [0.4, 0.5) is 0 Å². The molecule has 0 unspecified atom stereocenters. The highest BCUT2D eigenvalue weighted by atomic mass is 16.5. The Balaban J connectivity index is 1.46. The predicted molar refractivity (Wildman–Crippen MR) is 120 cm³/mol. The first-order chi connectivity index (χ1) is 14.3. The van der Waals surface area contributed by atoms with Crippen molar-refractivity contribution < 1.29 is 14.3 Å². The monoisotopic (exact) mass is 414 g/mol. The van der Waals surface area contributed by atoms with E-state index in [2.05, 4.69) is 27.7 Å². The molecule has 0 aromatic rings. The van der Waals surface area contributed by atoms with Gasteiger partial charge < -0.3 is 4.74 Å². The molecule has 7 atom stereocenters. The molecule has 3 heteroatoms. The summed E-state index contributed by atoms with van der Waals surface area (Å²) in [6.45, 7) is 9.28. The lowest BCUT2D eigenvalue weighted by atomic mass is 9.45. The predicted octanol–water partition coefficient (Wildman–Crippen LogP) is 6.65. The highest BCUT2D eigenvalue weighted by molar-refractivity contribution is 5.91. The minimum Gasteiger partial charge on any atom is -0.462 e. The molecular formula is C27H42O3. The molecule has 3 fully saturated rings. The third-order valence-corrected chi connectivity index (χ3v) is 10.00. The molecule has 0 N–H and O–H groups in total. The van der Waals surface area contributed by atoms with Crippen molar-refractivity contribution in [2.75, 3.05) is 0 Å². The number of carbonyl (C=O) groups is 2. The number of ether oxygens (including phenoxy) is 1. The first-order valence-corrected chi connectivity index (χ1v) is 12.7. The van der Waals surface area contributed by atoms with Crippen molar-refractivity contribution in [2.45, 2.75) is 111 Å². The summed E-state index contributed by atoms with van der Waals surface area (Å²) in [5, 5.41) is 0. The van der Waals surface area contributed by atoms with E-state index < -0.39 is 0 Å². The summed E-state index contributed by atoms with van der Waals surface area (Å²) in [7, 11) is 0. The van der Waals surface area contributed by atoms with E-state index in [4.69, 9.17) is 4.74 Å². The van der Waals surface area contributed by atoms with Gasteiger partial charge in [-0.25, -0.2) is 0 Å². The Morgan fingerprint density at radius 3 is 2.63 bits per heavy atom. The highest BCUT2D eigenvalue weighted by Gasteiger charge is 2.61. The van der Waals surface area contributed by atoms with Crippen LogP contribution in [0.15, 0.2) is 11.6 Å². The molecular weight excluding hydrogens is 372 g/mol. The molecule has 0 heterocycles. The van der Waals surface area contributed by atoms with Crippen LogP contribution in [-0.4, -0.2) is 17.9 Å². The van der Waals surface area contributed by atoms with E-state index in [0.717, 1.165) is 38.0 Å². The van der Waals surface area contributed by atoms with Gasteiger partial charge in [0, 0.05) is 18.3 Å². The largest absolute Gasteiger partial charge is 0.462 e. The average molecular weight is 415 g/mol. The Morgan fingerprint density at radius 2 is 1.87 bits per heavy atom. The van der Waals surface area contributed by atoms with Crippen LogP contribution >= 0.6 is 0 Å². The van der Waals surface area contributed by atoms with Crippen LogP contribution in [0.1, 0.15) is 105 Å². The first-order valence-electron chi connectivity index (χ1n) is 12.7. The van der Waals surface area contributed by atoms with Crippen molar-refractivity contribution in [1.82, 2.24) is 0 Å². The Bertz CT molecular complexity index is 709. The SMILES string of the molecule is CCCCCCC(=O)O[C@@H]1CC[C@@H]2[C@H]3CC[C@H]4CC(=O)C=C(C)[C@]4(C)[C@@H]3CC[C@]21C. The fourth-order valence-corrected chi connectivity index (χ4v) is 8.12. The summed E-state index contributed by atoms with van der Waals surface area (Å²) in [4.78, 5) is 24.7. The third kappa shape index (κ3) is 3.58. The lowest BCUT2D eigenvalue weighted by Gasteiger charge is -2.60. The molecule has 4 aliphatic rings. The van der Waals surface area contributed by atoms with Gasteiger partial charge in [0.2, 0.25) is 0 Å². The Morgan fingerprint density at radius 1 is 1.07 bits per heavy atom. The Hall–Kier alpha value is -1.12. The van der Waals surface area contributed by atoms with Gasteiger partial charge in [-0.3, -0.25) is 9.59 Å². The second kappa shape index (κ2) is 8.43. The quantitative estimate of drug-likeness (QED) is 0.361. The van der Waals surface area contributed by atoms with Crippen LogP contribution in [-0.2, 0) is 14.3 Å². The van der Waals surface area contributed by atoms with E-state index >= 15 is 0 Å². The molecule has 4 rings (SSSR count). The molecule has 3 nitrogen and oxygen atoms in total. The van der Waals surface area contributed by atoms with Gasteiger partial charge in [0.05, 0.1) is 0 Å². The lowest BCUT2D eigenvalue weighted by Crippen LogP contribution is -2.54. The number of esters is 1. The zero-order valence-corrected chi connectivity index (χ0v) is 19.7. The number of carbonyl (C=O) groups excluding carboxylic acids is 2. The molecule has 168 valence electrons. The van der Waals surface area contributed by atoms with Crippen molar-refractivity contribution in [2.24, 2.45) is 34.5 Å². The molecule has 0 radical (unpaired) electrons. The summed E-state index contributed by atoms with van der Waals surface area (Å²) in [6, 6.07) is 0. The summed E-state index contributed by atoms with van der Waals surface area (Å²) in [6.07, 6.45) is 15.0. The van der Waals surface area contributed by atoms with Gasteiger partial charge in [-0.05, 0) is 87.0 Å². The molecule has 0 bridgehead atoms. The molecule has 0 aromatic carbocycles. The second-order valence-corrected chi connectivity index (χ2v) is 11.3. The Labute approximate surface area is 183 Å². The normalized spacial score (nSPS) is 42.7. The third-order valence-electron chi connectivity index (χ3n) is 10.00. The van der Waals surface area contributed by atoms with Gasteiger partial charge in [-0.2, -0.15) is 0 Å². The number of rotatable bonds is 6. The van der Waals surface area contributed by atoms with Crippen LogP contribution in [0.2, 0.25) is 0 Å². The maximum absolute atomic E-state index is 12.5. The van der Waals surface area contributed by atoms with Gasteiger partial charge in [-0.1, -0.05) is 45.6 Å². The molecule has 0 spiro atoms. The van der Waals surface area contributed by atoms with Crippen molar-refractivity contribution >= 4 is 11.8 Å². The number of fused-ring (bicyclic) bond motifs is 5. The first kappa shape index (κ1) is 22.1. The molecule has 30 heavy (non-hydrogen) atoms. The second-order valence-electron chi connectivity index (χ2n) is 11.3. The van der Waals surface area contributed by atoms with Crippen LogP contribution < -0.4 is 0 Å². The number of unbranched alkanes of at least 4 members (excludes halogenated alkanes) is 3. The fourth-order valence-electron chi connectivity index (χ4n) is 8.12. The molecule has 3 saturated carbocycles. The van der Waals surface area contributed by atoms with E-state index in [1.807, 2.05) is 6.08 Å². The molecule has 0 amide bonds. The van der Waals surface area contributed by atoms with Crippen molar-refractivity contribution in [1.29, 1.82) is 0 Å². The molecule has 0 aromatic heterocycles. The highest BCUT2D eigenvalue weighted by Crippen LogP contribution is 2.66. The van der Waals surface area contributed by atoms with Gasteiger partial charge in [0.15, 0.2) is 5.78 Å². The zero-order chi connectivity index (χ0) is 21.5. The number of hydrogen-bond donors (Lipinski definition) is 0.